The van der Waals surface area contributed by atoms with Gasteiger partial charge in [0.1, 0.15) is 11.4 Å². The molecule has 32 heavy (non-hydrogen) atoms. The first-order valence-electron chi connectivity index (χ1n) is 10.9. The smallest absolute Gasteiger partial charge is 0.308 e. The number of nitrogens with zero attached hydrogens (tertiary/aromatic N) is 4. The Hall–Kier alpha value is -3.11. The summed E-state index contributed by atoms with van der Waals surface area (Å²) >= 11 is 0. The molecule has 0 saturated carbocycles. The van der Waals surface area contributed by atoms with Gasteiger partial charge in [0, 0.05) is 37.7 Å². The van der Waals surface area contributed by atoms with Crippen molar-refractivity contribution in [2.45, 2.75) is 66.3 Å². The van der Waals surface area contributed by atoms with Gasteiger partial charge in [-0.15, -0.1) is 5.53 Å². The Balaban J connectivity index is 1.99. The molecular formula is C22H33N7O3. The zero-order valence-corrected chi connectivity index (χ0v) is 19.5. The van der Waals surface area contributed by atoms with Crippen molar-refractivity contribution in [3.05, 3.63) is 29.8 Å². The van der Waals surface area contributed by atoms with Crippen molar-refractivity contribution in [1.29, 1.82) is 0 Å². The van der Waals surface area contributed by atoms with E-state index in [0.717, 1.165) is 17.1 Å². The molecule has 0 fully saturated rings. The monoisotopic (exact) mass is 443 g/mol. The van der Waals surface area contributed by atoms with Crippen LogP contribution in [0.15, 0.2) is 24.3 Å². The maximum atomic E-state index is 11.5. The van der Waals surface area contributed by atoms with Gasteiger partial charge in [-0.05, 0) is 40.7 Å². The second-order valence-corrected chi connectivity index (χ2v) is 8.38. The van der Waals surface area contributed by atoms with Gasteiger partial charge in [-0.1, -0.05) is 18.2 Å². The second-order valence-electron chi connectivity index (χ2n) is 8.38. The number of carbonyl (C=O) groups excluding carboxylic acids is 1. The molecule has 0 bridgehead atoms. The van der Waals surface area contributed by atoms with Gasteiger partial charge >= 0.3 is 5.97 Å². The van der Waals surface area contributed by atoms with Gasteiger partial charge < -0.3 is 20.5 Å². The minimum atomic E-state index is -0.537. The predicted octanol–water partition coefficient (Wildman–Crippen LogP) is 2.67. The lowest BCUT2D eigenvalue weighted by Gasteiger charge is -2.27. The van der Waals surface area contributed by atoms with E-state index in [4.69, 9.17) is 9.72 Å². The fraction of sp³-hybridized carbons (Fsp3) is 0.500. The summed E-state index contributed by atoms with van der Waals surface area (Å²) in [6.07, 6.45) is -0.537. The fourth-order valence-corrected chi connectivity index (χ4v) is 3.30. The lowest BCUT2D eigenvalue weighted by molar-refractivity contribution is -0.131. The van der Waals surface area contributed by atoms with E-state index in [2.05, 4.69) is 48.8 Å². The number of fused-ring (bicyclic) bond motifs is 1. The zero-order valence-electron chi connectivity index (χ0n) is 19.5. The molecule has 1 aromatic heterocycles. The number of aromatic nitrogens is 2. The van der Waals surface area contributed by atoms with Crippen molar-refractivity contribution in [2.24, 2.45) is 0 Å². The first-order chi connectivity index (χ1) is 15.2. The van der Waals surface area contributed by atoms with Crippen LogP contribution < -0.4 is 30.9 Å². The predicted molar refractivity (Wildman–Crippen MR) is 126 cm³/mol. The van der Waals surface area contributed by atoms with E-state index >= 15 is 0 Å². The van der Waals surface area contributed by atoms with Gasteiger partial charge in [-0.25, -0.2) is 0 Å². The summed E-state index contributed by atoms with van der Waals surface area (Å²) < 4.78 is 5.34. The largest absolute Gasteiger partial charge is 0.426 e. The Morgan fingerprint density at radius 1 is 1.09 bits per heavy atom. The van der Waals surface area contributed by atoms with Crippen LogP contribution in [0.1, 0.15) is 47.1 Å². The molecule has 1 atom stereocenters. The molecule has 1 aliphatic rings. The number of aliphatic hydroxyl groups is 1. The summed E-state index contributed by atoms with van der Waals surface area (Å²) in [5, 5.41) is 20.2. The van der Waals surface area contributed by atoms with E-state index in [1.807, 2.05) is 28.2 Å². The van der Waals surface area contributed by atoms with Crippen LogP contribution in [-0.2, 0) is 11.3 Å². The van der Waals surface area contributed by atoms with Crippen molar-refractivity contribution < 1.29 is 14.6 Å². The number of rotatable bonds is 9. The Morgan fingerprint density at radius 3 is 2.41 bits per heavy atom. The molecule has 4 N–H and O–H groups in total. The summed E-state index contributed by atoms with van der Waals surface area (Å²) in [5.41, 5.74) is 5.07. The molecule has 2 heterocycles. The highest BCUT2D eigenvalue weighted by molar-refractivity contribution is 5.83. The van der Waals surface area contributed by atoms with E-state index < -0.39 is 6.10 Å². The topological polar surface area (TPSA) is 115 Å². The number of esters is 1. The lowest BCUT2D eigenvalue weighted by Crippen LogP contribution is -2.50. The first-order valence-corrected chi connectivity index (χ1v) is 10.9. The molecule has 174 valence electrons. The van der Waals surface area contributed by atoms with Gasteiger partial charge in [0.2, 0.25) is 5.95 Å². The highest BCUT2D eigenvalue weighted by atomic mass is 16.5. The normalized spacial score (nSPS) is 14.0. The molecule has 2 aromatic rings. The average molecular weight is 444 g/mol. The highest BCUT2D eigenvalue weighted by Crippen LogP contribution is 2.40. The maximum Gasteiger partial charge on any atom is 0.308 e. The molecular weight excluding hydrogens is 410 g/mol. The zero-order chi connectivity index (χ0) is 23.4. The molecule has 10 nitrogen and oxygen atoms in total. The van der Waals surface area contributed by atoms with Crippen LogP contribution in [0.5, 0.6) is 5.75 Å². The van der Waals surface area contributed by atoms with Crippen LogP contribution in [0.2, 0.25) is 0 Å². The number of ether oxygens (including phenoxy) is 1. The number of nitrogens with one attached hydrogen (secondary N) is 3. The van der Waals surface area contributed by atoms with Crippen molar-refractivity contribution in [3.8, 4) is 5.75 Å². The van der Waals surface area contributed by atoms with Crippen LogP contribution in [0, 0.1) is 0 Å². The summed E-state index contributed by atoms with van der Waals surface area (Å²) in [6, 6.07) is 7.68. The molecule has 0 saturated heterocycles. The SMILES string of the molecule is CC(=O)Oc1ccccc1CNc1nc(NCC(C)O)nc2c1N(C(C)C)NN2C(C)C. The van der Waals surface area contributed by atoms with Crippen molar-refractivity contribution >= 4 is 29.2 Å². The Labute approximate surface area is 188 Å². The molecule has 10 heteroatoms. The van der Waals surface area contributed by atoms with E-state index in [-0.39, 0.29) is 18.1 Å². The Morgan fingerprint density at radius 2 is 1.78 bits per heavy atom. The van der Waals surface area contributed by atoms with Gasteiger partial charge in [0.25, 0.3) is 0 Å². The molecule has 3 rings (SSSR count). The van der Waals surface area contributed by atoms with Crippen LogP contribution >= 0.6 is 0 Å². The molecule has 1 unspecified atom stereocenters. The van der Waals surface area contributed by atoms with E-state index in [9.17, 15) is 9.90 Å². The second kappa shape index (κ2) is 10.0. The molecule has 0 spiro atoms. The third kappa shape index (κ3) is 5.38. The molecule has 0 radical (unpaired) electrons. The highest BCUT2D eigenvalue weighted by Gasteiger charge is 2.34. The van der Waals surface area contributed by atoms with Gasteiger partial charge in [-0.3, -0.25) is 14.8 Å². The van der Waals surface area contributed by atoms with E-state index in [1.54, 1.807) is 13.0 Å². The third-order valence-corrected chi connectivity index (χ3v) is 4.81. The van der Waals surface area contributed by atoms with E-state index in [0.29, 0.717) is 30.6 Å². The molecule has 1 aromatic carbocycles. The van der Waals surface area contributed by atoms with Gasteiger partial charge in [0.05, 0.1) is 6.10 Å². The number of benzene rings is 1. The van der Waals surface area contributed by atoms with Crippen molar-refractivity contribution in [1.82, 2.24) is 15.5 Å². The number of hydrogen-bond acceptors (Lipinski definition) is 10. The number of carbonyl (C=O) groups is 1. The summed E-state index contributed by atoms with van der Waals surface area (Å²) in [5.74, 6) is 1.93. The van der Waals surface area contributed by atoms with Crippen LogP contribution in [0.3, 0.4) is 0 Å². The van der Waals surface area contributed by atoms with Gasteiger partial charge in [-0.2, -0.15) is 9.97 Å². The van der Waals surface area contributed by atoms with Crippen molar-refractivity contribution in [3.63, 3.8) is 0 Å². The maximum absolute atomic E-state index is 11.5. The number of hydrazine groups is 2. The average Bonchev–Trinajstić information content (AvgIpc) is 3.11. The van der Waals surface area contributed by atoms with E-state index in [1.165, 1.54) is 6.92 Å². The van der Waals surface area contributed by atoms with Crippen LogP contribution in [0.25, 0.3) is 0 Å². The minimum absolute atomic E-state index is 0.145. The lowest BCUT2D eigenvalue weighted by atomic mass is 10.2. The standard InChI is InChI=1S/C22H33N7O3/c1-13(2)28-19-20(23-12-17-9-7-8-10-18(17)32-16(6)31)25-22(24-11-15(5)30)26-21(19)29(27-28)14(3)4/h7-10,13-15,27,30H,11-12H2,1-6H3,(H2,23,24,25,26). The number of anilines is 4. The quantitative estimate of drug-likeness (QED) is 0.341. The number of hydrogen-bond donors (Lipinski definition) is 4. The fourth-order valence-electron chi connectivity index (χ4n) is 3.30. The Bertz CT molecular complexity index is 949. The summed E-state index contributed by atoms with van der Waals surface area (Å²) in [7, 11) is 0. The molecule has 1 aliphatic heterocycles. The molecule has 0 amide bonds. The number of aliphatic hydroxyl groups excluding tert-OH is 1. The first kappa shape index (κ1) is 23.6. The number of para-hydroxylation sites is 1. The van der Waals surface area contributed by atoms with Gasteiger partial charge in [0.15, 0.2) is 11.6 Å². The van der Waals surface area contributed by atoms with Crippen molar-refractivity contribution in [2.75, 3.05) is 27.2 Å². The summed E-state index contributed by atoms with van der Waals surface area (Å²) in [4.78, 5) is 20.9. The Kier molecular flexibility index (Phi) is 7.37. The van der Waals surface area contributed by atoms with Crippen LogP contribution in [0.4, 0.5) is 23.3 Å². The summed E-state index contributed by atoms with van der Waals surface area (Å²) in [6.45, 7) is 12.1. The third-order valence-electron chi connectivity index (χ3n) is 4.81. The minimum Gasteiger partial charge on any atom is -0.426 e. The molecule has 0 aliphatic carbocycles. The van der Waals surface area contributed by atoms with Crippen LogP contribution in [-0.4, -0.2) is 45.8 Å².